The van der Waals surface area contributed by atoms with Crippen LogP contribution in [-0.2, 0) is 0 Å². The van der Waals surface area contributed by atoms with Gasteiger partial charge >= 0.3 is 0 Å². The first-order valence-electron chi connectivity index (χ1n) is 7.70. The highest BCUT2D eigenvalue weighted by Gasteiger charge is 2.07. The first kappa shape index (κ1) is 16.6. The molecule has 0 radical (unpaired) electrons. The topological polar surface area (TPSA) is 65.5 Å². The van der Waals surface area contributed by atoms with E-state index in [-0.39, 0.29) is 0 Å². The molecule has 0 amide bonds. The fourth-order valence-electron chi connectivity index (χ4n) is 2.41. The molecule has 25 heavy (non-hydrogen) atoms. The summed E-state index contributed by atoms with van der Waals surface area (Å²) in [5.74, 6) is 2.58. The Balaban J connectivity index is 1.87. The van der Waals surface area contributed by atoms with E-state index in [0.717, 1.165) is 22.7 Å². The van der Waals surface area contributed by atoms with E-state index in [1.54, 1.807) is 27.5 Å². The molecule has 0 fully saturated rings. The quantitative estimate of drug-likeness (QED) is 0.735. The summed E-state index contributed by atoms with van der Waals surface area (Å²) in [5.41, 5.74) is 2.56. The molecule has 1 aromatic heterocycles. The van der Waals surface area contributed by atoms with Crippen LogP contribution >= 0.6 is 0 Å². The van der Waals surface area contributed by atoms with Gasteiger partial charge in [0.25, 0.3) is 0 Å². The van der Waals surface area contributed by atoms with Crippen LogP contribution in [0.25, 0.3) is 11.3 Å². The Bertz CT molecular complexity index is 868. The third-order valence-corrected chi connectivity index (χ3v) is 3.66. The van der Waals surface area contributed by atoms with Gasteiger partial charge in [-0.2, -0.15) is 0 Å². The van der Waals surface area contributed by atoms with E-state index in [2.05, 4.69) is 15.3 Å². The minimum absolute atomic E-state index is 0.493. The smallest absolute Gasteiger partial charge is 0.227 e. The van der Waals surface area contributed by atoms with Gasteiger partial charge < -0.3 is 19.5 Å². The summed E-state index contributed by atoms with van der Waals surface area (Å²) in [6, 6.07) is 15.1. The molecule has 3 rings (SSSR count). The van der Waals surface area contributed by atoms with Crippen molar-refractivity contribution in [2.24, 2.45) is 0 Å². The van der Waals surface area contributed by atoms with Gasteiger partial charge in [0.05, 0.1) is 27.0 Å². The second-order valence-corrected chi connectivity index (χ2v) is 5.19. The molecule has 0 saturated heterocycles. The Morgan fingerprint density at radius 3 is 2.44 bits per heavy atom. The maximum absolute atomic E-state index is 5.31. The van der Waals surface area contributed by atoms with E-state index in [1.807, 2.05) is 48.5 Å². The van der Waals surface area contributed by atoms with E-state index < -0.39 is 0 Å². The van der Waals surface area contributed by atoms with Crippen LogP contribution in [0.3, 0.4) is 0 Å². The van der Waals surface area contributed by atoms with Crippen molar-refractivity contribution >= 4 is 11.6 Å². The van der Waals surface area contributed by atoms with E-state index >= 15 is 0 Å². The third kappa shape index (κ3) is 3.80. The summed E-state index contributed by atoms with van der Waals surface area (Å²) < 4.78 is 15.8. The molecule has 0 bridgehead atoms. The second-order valence-electron chi connectivity index (χ2n) is 5.19. The average molecular weight is 337 g/mol. The van der Waals surface area contributed by atoms with Crippen molar-refractivity contribution in [2.45, 2.75) is 0 Å². The second kappa shape index (κ2) is 7.53. The van der Waals surface area contributed by atoms with Gasteiger partial charge in [-0.1, -0.05) is 12.1 Å². The van der Waals surface area contributed by atoms with Crippen molar-refractivity contribution < 1.29 is 14.2 Å². The summed E-state index contributed by atoms with van der Waals surface area (Å²) in [7, 11) is 4.84. The van der Waals surface area contributed by atoms with Crippen LogP contribution in [0.15, 0.2) is 54.7 Å². The molecule has 0 unspecified atom stereocenters. The number of nitrogens with zero attached hydrogens (tertiary/aromatic N) is 2. The van der Waals surface area contributed by atoms with Gasteiger partial charge in [0.2, 0.25) is 5.95 Å². The molecule has 0 spiro atoms. The van der Waals surface area contributed by atoms with E-state index in [9.17, 15) is 0 Å². The van der Waals surface area contributed by atoms with Gasteiger partial charge in [0, 0.05) is 23.5 Å². The zero-order valence-electron chi connectivity index (χ0n) is 14.3. The highest BCUT2D eigenvalue weighted by Crippen LogP contribution is 2.31. The van der Waals surface area contributed by atoms with Crippen LogP contribution < -0.4 is 19.5 Å². The Labute approximate surface area is 146 Å². The number of aromatic nitrogens is 2. The number of hydrogen-bond acceptors (Lipinski definition) is 6. The van der Waals surface area contributed by atoms with Crippen LogP contribution in [0.1, 0.15) is 0 Å². The minimum Gasteiger partial charge on any atom is -0.497 e. The van der Waals surface area contributed by atoms with E-state index in [1.165, 1.54) is 0 Å². The highest BCUT2D eigenvalue weighted by molar-refractivity contribution is 5.64. The lowest BCUT2D eigenvalue weighted by Crippen LogP contribution is -1.99. The van der Waals surface area contributed by atoms with Crippen LogP contribution in [-0.4, -0.2) is 31.3 Å². The first-order chi connectivity index (χ1) is 12.2. The molecule has 0 saturated carbocycles. The lowest BCUT2D eigenvalue weighted by Gasteiger charge is -2.11. The molecule has 0 aliphatic carbocycles. The number of ether oxygens (including phenoxy) is 3. The molecule has 128 valence electrons. The Hall–Kier alpha value is -3.28. The van der Waals surface area contributed by atoms with Gasteiger partial charge in [-0.25, -0.2) is 9.97 Å². The normalized spacial score (nSPS) is 10.2. The molecule has 1 heterocycles. The summed E-state index contributed by atoms with van der Waals surface area (Å²) in [4.78, 5) is 8.84. The summed E-state index contributed by atoms with van der Waals surface area (Å²) in [6.07, 6.45) is 1.71. The monoisotopic (exact) mass is 337 g/mol. The van der Waals surface area contributed by atoms with Crippen molar-refractivity contribution in [1.82, 2.24) is 9.97 Å². The van der Waals surface area contributed by atoms with Crippen molar-refractivity contribution in [3.8, 4) is 28.5 Å². The number of anilines is 2. The molecule has 1 N–H and O–H groups in total. The van der Waals surface area contributed by atoms with Crippen LogP contribution in [0.2, 0.25) is 0 Å². The van der Waals surface area contributed by atoms with Gasteiger partial charge in [-0.3, -0.25) is 0 Å². The zero-order valence-corrected chi connectivity index (χ0v) is 14.3. The highest BCUT2D eigenvalue weighted by atomic mass is 16.5. The van der Waals surface area contributed by atoms with Crippen molar-refractivity contribution in [1.29, 1.82) is 0 Å². The maximum Gasteiger partial charge on any atom is 0.227 e. The Morgan fingerprint density at radius 2 is 1.68 bits per heavy atom. The fourth-order valence-corrected chi connectivity index (χ4v) is 2.41. The predicted molar refractivity (Wildman–Crippen MR) is 96.8 cm³/mol. The minimum atomic E-state index is 0.493. The number of hydrogen-bond donors (Lipinski definition) is 1. The molecular weight excluding hydrogens is 318 g/mol. The van der Waals surface area contributed by atoms with Gasteiger partial charge in [0.15, 0.2) is 11.5 Å². The van der Waals surface area contributed by atoms with Gasteiger partial charge in [-0.15, -0.1) is 0 Å². The zero-order chi connectivity index (χ0) is 17.6. The number of rotatable bonds is 6. The molecule has 6 heteroatoms. The third-order valence-electron chi connectivity index (χ3n) is 3.66. The molecule has 0 aliphatic heterocycles. The van der Waals surface area contributed by atoms with Crippen molar-refractivity contribution in [3.63, 3.8) is 0 Å². The lowest BCUT2D eigenvalue weighted by molar-refractivity contribution is 0.355. The van der Waals surface area contributed by atoms with Crippen LogP contribution in [0.5, 0.6) is 17.2 Å². The summed E-state index contributed by atoms with van der Waals surface area (Å²) >= 11 is 0. The molecular formula is C19H19N3O3. The molecule has 0 atom stereocenters. The summed E-state index contributed by atoms with van der Waals surface area (Å²) in [5, 5.41) is 3.18. The van der Waals surface area contributed by atoms with Crippen LogP contribution in [0, 0.1) is 0 Å². The molecule has 3 aromatic rings. The standard InChI is InChI=1S/C19H19N3O3/c1-23-15-6-4-5-13(11-15)16-9-10-20-19(22-16)21-14-7-8-17(24-2)18(12-14)25-3/h4-12H,1-3H3,(H,20,21,22). The molecule has 6 nitrogen and oxygen atoms in total. The first-order valence-corrected chi connectivity index (χ1v) is 7.70. The SMILES string of the molecule is COc1cccc(-c2ccnc(Nc3ccc(OC)c(OC)c3)n2)c1. The summed E-state index contributed by atoms with van der Waals surface area (Å²) in [6.45, 7) is 0. The lowest BCUT2D eigenvalue weighted by atomic mass is 10.1. The Morgan fingerprint density at radius 1 is 0.840 bits per heavy atom. The predicted octanol–water partition coefficient (Wildman–Crippen LogP) is 3.91. The fraction of sp³-hybridized carbons (Fsp3) is 0.158. The van der Waals surface area contributed by atoms with E-state index in [4.69, 9.17) is 14.2 Å². The maximum atomic E-state index is 5.31. The van der Waals surface area contributed by atoms with Crippen molar-refractivity contribution in [3.05, 3.63) is 54.7 Å². The number of benzene rings is 2. The number of methoxy groups -OCH3 is 3. The van der Waals surface area contributed by atoms with Crippen LogP contribution in [0.4, 0.5) is 11.6 Å². The largest absolute Gasteiger partial charge is 0.497 e. The molecule has 0 aliphatic rings. The molecule has 2 aromatic carbocycles. The van der Waals surface area contributed by atoms with E-state index in [0.29, 0.717) is 17.4 Å². The average Bonchev–Trinajstić information content (AvgIpc) is 2.68. The van der Waals surface area contributed by atoms with Gasteiger partial charge in [-0.05, 0) is 30.3 Å². The van der Waals surface area contributed by atoms with Gasteiger partial charge in [0.1, 0.15) is 5.75 Å². The number of nitrogens with one attached hydrogen (secondary N) is 1. The van der Waals surface area contributed by atoms with Crippen molar-refractivity contribution in [2.75, 3.05) is 26.6 Å². The Kier molecular flexibility index (Phi) is 4.99.